The van der Waals surface area contributed by atoms with E-state index in [9.17, 15) is 4.79 Å². The largest absolute Gasteiger partial charge is 0.478 e. The Hall–Kier alpha value is -3.28. The number of hydrogen-bond donors (Lipinski definition) is 0. The Morgan fingerprint density at radius 2 is 1.84 bits per heavy atom. The highest BCUT2D eigenvalue weighted by molar-refractivity contribution is 6.31. The summed E-state index contributed by atoms with van der Waals surface area (Å²) in [5.74, 6) is 1.56. The third-order valence-corrected chi connectivity index (χ3v) is 6.11. The highest BCUT2D eigenvalue weighted by Gasteiger charge is 2.33. The van der Waals surface area contributed by atoms with Gasteiger partial charge in [-0.25, -0.2) is 0 Å². The Bertz CT molecular complexity index is 1220. The zero-order chi connectivity index (χ0) is 22.2. The first-order valence-corrected chi connectivity index (χ1v) is 10.8. The predicted molar refractivity (Wildman–Crippen MR) is 126 cm³/mol. The van der Waals surface area contributed by atoms with Crippen LogP contribution < -0.4 is 14.4 Å². The van der Waals surface area contributed by atoms with Gasteiger partial charge in [0, 0.05) is 37.9 Å². The quantitative estimate of drug-likeness (QED) is 0.504. The lowest BCUT2D eigenvalue weighted by Gasteiger charge is -2.30. The van der Waals surface area contributed by atoms with Crippen molar-refractivity contribution in [3.8, 4) is 11.5 Å². The standard InChI is InChI=1S/C26H23ClN2O3/c1-28(2)19-9-7-17(8-10-19)13-24-25(30)20-11-12-23-21(26(20)32-24)15-29(16-31-23)14-18-5-3-4-6-22(18)27/h3-13H,14-16H2,1-2H3/b24-13-. The summed E-state index contributed by atoms with van der Waals surface area (Å²) in [5.41, 5.74) is 4.51. The Kier molecular flexibility index (Phi) is 5.37. The molecular formula is C26H23ClN2O3. The fourth-order valence-corrected chi connectivity index (χ4v) is 4.19. The number of halogens is 1. The van der Waals surface area contributed by atoms with E-state index in [1.807, 2.05) is 73.6 Å². The molecule has 0 fully saturated rings. The van der Waals surface area contributed by atoms with Crippen LogP contribution in [0.4, 0.5) is 5.69 Å². The van der Waals surface area contributed by atoms with Crippen LogP contribution in [0.5, 0.6) is 11.5 Å². The van der Waals surface area contributed by atoms with E-state index in [-0.39, 0.29) is 5.78 Å². The second kappa shape index (κ2) is 8.34. The third kappa shape index (κ3) is 3.85. The molecule has 2 aliphatic heterocycles. The summed E-state index contributed by atoms with van der Waals surface area (Å²) in [6, 6.07) is 19.4. The number of anilines is 1. The first-order valence-electron chi connectivity index (χ1n) is 10.5. The maximum Gasteiger partial charge on any atom is 0.231 e. The van der Waals surface area contributed by atoms with E-state index < -0.39 is 0 Å². The number of ketones is 1. The summed E-state index contributed by atoms with van der Waals surface area (Å²) < 4.78 is 12.1. The lowest BCUT2D eigenvalue weighted by Crippen LogP contribution is -2.31. The van der Waals surface area contributed by atoms with Crippen molar-refractivity contribution in [2.75, 3.05) is 25.7 Å². The van der Waals surface area contributed by atoms with E-state index >= 15 is 0 Å². The third-order valence-electron chi connectivity index (χ3n) is 5.74. The van der Waals surface area contributed by atoms with E-state index in [4.69, 9.17) is 21.1 Å². The number of nitrogens with zero attached hydrogens (tertiary/aromatic N) is 2. The SMILES string of the molecule is CN(C)c1ccc(/C=C2\Oc3c(ccc4c3CN(Cc3ccccc3Cl)CO4)C2=O)cc1. The van der Waals surface area contributed by atoms with E-state index in [2.05, 4.69) is 4.90 Å². The lowest BCUT2D eigenvalue weighted by molar-refractivity contribution is 0.0873. The van der Waals surface area contributed by atoms with Crippen LogP contribution in [0.2, 0.25) is 5.02 Å². The van der Waals surface area contributed by atoms with E-state index in [0.717, 1.165) is 33.1 Å². The molecule has 0 bridgehead atoms. The molecule has 2 heterocycles. The molecule has 3 aromatic rings. The van der Waals surface area contributed by atoms with Crippen molar-refractivity contribution in [1.82, 2.24) is 4.90 Å². The fourth-order valence-electron chi connectivity index (χ4n) is 3.99. The highest BCUT2D eigenvalue weighted by atomic mass is 35.5. The minimum atomic E-state index is -0.109. The molecule has 0 saturated heterocycles. The molecule has 0 aromatic heterocycles. The van der Waals surface area contributed by atoms with Crippen molar-refractivity contribution in [2.45, 2.75) is 13.1 Å². The molecule has 2 aliphatic rings. The molecule has 0 aliphatic carbocycles. The second-order valence-electron chi connectivity index (χ2n) is 8.20. The monoisotopic (exact) mass is 446 g/mol. The van der Waals surface area contributed by atoms with Crippen molar-refractivity contribution in [3.63, 3.8) is 0 Å². The summed E-state index contributed by atoms with van der Waals surface area (Å²) in [5, 5.41) is 0.730. The average Bonchev–Trinajstić information content (AvgIpc) is 3.11. The van der Waals surface area contributed by atoms with Crippen molar-refractivity contribution < 1.29 is 14.3 Å². The summed E-state index contributed by atoms with van der Waals surface area (Å²) in [6.45, 7) is 1.71. The van der Waals surface area contributed by atoms with Gasteiger partial charge in [0.2, 0.25) is 5.78 Å². The minimum absolute atomic E-state index is 0.109. The van der Waals surface area contributed by atoms with Gasteiger partial charge >= 0.3 is 0 Å². The Balaban J connectivity index is 1.40. The zero-order valence-corrected chi connectivity index (χ0v) is 18.7. The minimum Gasteiger partial charge on any atom is -0.478 e. The van der Waals surface area contributed by atoms with E-state index in [1.54, 1.807) is 12.1 Å². The fraction of sp³-hybridized carbons (Fsp3) is 0.192. The Morgan fingerprint density at radius 1 is 1.06 bits per heavy atom. The summed E-state index contributed by atoms with van der Waals surface area (Å²) in [7, 11) is 3.99. The van der Waals surface area contributed by atoms with Crippen LogP contribution in [-0.4, -0.2) is 31.5 Å². The maximum absolute atomic E-state index is 13.0. The van der Waals surface area contributed by atoms with E-state index in [0.29, 0.717) is 36.9 Å². The Morgan fingerprint density at radius 3 is 2.59 bits per heavy atom. The molecule has 5 rings (SSSR count). The average molecular weight is 447 g/mol. The smallest absolute Gasteiger partial charge is 0.231 e. The van der Waals surface area contributed by atoms with Crippen LogP contribution >= 0.6 is 11.6 Å². The van der Waals surface area contributed by atoms with Gasteiger partial charge in [0.25, 0.3) is 0 Å². The van der Waals surface area contributed by atoms with Gasteiger partial charge in [-0.1, -0.05) is 41.9 Å². The first-order chi connectivity index (χ1) is 15.5. The Labute approximate surface area is 192 Å². The van der Waals surface area contributed by atoms with Gasteiger partial charge in [-0.2, -0.15) is 0 Å². The first kappa shape index (κ1) is 20.6. The number of allylic oxidation sites excluding steroid dienone is 1. The van der Waals surface area contributed by atoms with Gasteiger partial charge < -0.3 is 14.4 Å². The van der Waals surface area contributed by atoms with Crippen LogP contribution in [0.3, 0.4) is 0 Å². The number of hydrogen-bond acceptors (Lipinski definition) is 5. The van der Waals surface area contributed by atoms with Crippen LogP contribution in [0.15, 0.2) is 66.4 Å². The normalized spacial score (nSPS) is 16.3. The zero-order valence-electron chi connectivity index (χ0n) is 18.0. The summed E-state index contributed by atoms with van der Waals surface area (Å²) >= 11 is 6.33. The number of Topliss-reactive ketones (excluding diaryl/α,β-unsaturated/α-hetero) is 1. The van der Waals surface area contributed by atoms with Crippen molar-refractivity contribution in [3.05, 3.63) is 93.7 Å². The van der Waals surface area contributed by atoms with Gasteiger partial charge in [0.15, 0.2) is 5.76 Å². The summed E-state index contributed by atoms with van der Waals surface area (Å²) in [4.78, 5) is 17.2. The van der Waals surface area contributed by atoms with Gasteiger partial charge in [-0.15, -0.1) is 0 Å². The number of benzene rings is 3. The van der Waals surface area contributed by atoms with Crippen LogP contribution in [0.25, 0.3) is 6.08 Å². The number of carbonyl (C=O) groups is 1. The number of rotatable bonds is 4. The van der Waals surface area contributed by atoms with Crippen LogP contribution in [-0.2, 0) is 13.1 Å². The van der Waals surface area contributed by atoms with Crippen LogP contribution in [0, 0.1) is 0 Å². The van der Waals surface area contributed by atoms with Gasteiger partial charge in [0.1, 0.15) is 18.2 Å². The van der Waals surface area contributed by atoms with Crippen molar-refractivity contribution in [2.24, 2.45) is 0 Å². The maximum atomic E-state index is 13.0. The molecule has 0 amide bonds. The van der Waals surface area contributed by atoms with Crippen molar-refractivity contribution >= 4 is 29.1 Å². The molecule has 0 radical (unpaired) electrons. The molecule has 162 valence electrons. The predicted octanol–water partition coefficient (Wildman–Crippen LogP) is 5.37. The molecule has 0 spiro atoms. The number of carbonyl (C=O) groups excluding carboxylic acids is 1. The highest BCUT2D eigenvalue weighted by Crippen LogP contribution is 2.42. The number of fused-ring (bicyclic) bond motifs is 3. The molecular weight excluding hydrogens is 424 g/mol. The molecule has 0 saturated carbocycles. The van der Waals surface area contributed by atoms with Gasteiger partial charge in [0.05, 0.1) is 11.1 Å². The molecule has 0 atom stereocenters. The lowest BCUT2D eigenvalue weighted by atomic mass is 10.0. The van der Waals surface area contributed by atoms with Gasteiger partial charge in [-0.05, 0) is 47.5 Å². The summed E-state index contributed by atoms with van der Waals surface area (Å²) in [6.07, 6.45) is 1.79. The molecule has 3 aromatic carbocycles. The van der Waals surface area contributed by atoms with Crippen molar-refractivity contribution in [1.29, 1.82) is 0 Å². The molecule has 0 unspecified atom stereocenters. The topological polar surface area (TPSA) is 42.0 Å². The molecule has 32 heavy (non-hydrogen) atoms. The second-order valence-corrected chi connectivity index (χ2v) is 8.60. The molecule has 6 heteroatoms. The molecule has 5 nitrogen and oxygen atoms in total. The van der Waals surface area contributed by atoms with E-state index in [1.165, 1.54) is 0 Å². The number of ether oxygens (including phenoxy) is 2. The molecule has 0 N–H and O–H groups in total. The van der Waals surface area contributed by atoms with Crippen LogP contribution in [0.1, 0.15) is 27.0 Å². The van der Waals surface area contributed by atoms with Gasteiger partial charge in [-0.3, -0.25) is 9.69 Å².